The van der Waals surface area contributed by atoms with Gasteiger partial charge in [0.05, 0.1) is 6.04 Å². The summed E-state index contributed by atoms with van der Waals surface area (Å²) in [6.07, 6.45) is 4.66. The average molecular weight is 304 g/mol. The molecule has 1 fully saturated rings. The van der Waals surface area contributed by atoms with Crippen LogP contribution in [0.4, 0.5) is 4.39 Å². The minimum Gasteiger partial charge on any atom is -0.349 e. The number of nitrogens with one attached hydrogen (secondary N) is 2. The third-order valence-corrected chi connectivity index (χ3v) is 5.21. The number of halogens is 1. The van der Waals surface area contributed by atoms with Crippen LogP contribution >= 0.6 is 0 Å². The highest BCUT2D eigenvalue weighted by atomic mass is 19.1. The summed E-state index contributed by atoms with van der Waals surface area (Å²) < 4.78 is 13.2. The first-order valence-electron chi connectivity index (χ1n) is 8.42. The van der Waals surface area contributed by atoms with Crippen LogP contribution in [0, 0.1) is 17.7 Å². The molecule has 1 aromatic rings. The van der Waals surface area contributed by atoms with Gasteiger partial charge in [-0.3, -0.25) is 4.79 Å². The molecule has 120 valence electrons. The molecule has 1 aliphatic heterocycles. The number of benzene rings is 1. The summed E-state index contributed by atoms with van der Waals surface area (Å²) in [5.74, 6) is 1.02. The Labute approximate surface area is 131 Å². The quantitative estimate of drug-likeness (QED) is 0.898. The second-order valence-corrected chi connectivity index (χ2v) is 6.77. The Balaban J connectivity index is 1.54. The molecule has 0 spiro atoms. The molecule has 22 heavy (non-hydrogen) atoms. The Morgan fingerprint density at radius 3 is 2.91 bits per heavy atom. The highest BCUT2D eigenvalue weighted by Crippen LogP contribution is 2.32. The van der Waals surface area contributed by atoms with Crippen molar-refractivity contribution in [2.75, 3.05) is 13.1 Å². The molecule has 1 saturated heterocycles. The van der Waals surface area contributed by atoms with Gasteiger partial charge in [-0.05, 0) is 73.9 Å². The Kier molecular flexibility index (Phi) is 4.77. The van der Waals surface area contributed by atoms with Crippen molar-refractivity contribution in [2.45, 2.75) is 45.1 Å². The monoisotopic (exact) mass is 304 g/mol. The van der Waals surface area contributed by atoms with Gasteiger partial charge in [0.2, 0.25) is 5.91 Å². The molecule has 0 bridgehead atoms. The number of piperidine rings is 1. The fourth-order valence-electron chi connectivity index (χ4n) is 3.86. The molecule has 1 aliphatic carbocycles. The van der Waals surface area contributed by atoms with Crippen LogP contribution in [0.1, 0.15) is 49.8 Å². The number of fused-ring (bicyclic) bond motifs is 1. The normalized spacial score (nSPS) is 23.1. The Bertz CT molecular complexity index is 540. The maximum atomic E-state index is 13.2. The van der Waals surface area contributed by atoms with Crippen molar-refractivity contribution in [2.24, 2.45) is 11.8 Å². The van der Waals surface area contributed by atoms with Crippen LogP contribution in [0.25, 0.3) is 0 Å². The molecule has 1 heterocycles. The molecule has 3 nitrogen and oxygen atoms in total. The highest BCUT2D eigenvalue weighted by Gasteiger charge is 2.26. The molecule has 1 amide bonds. The predicted octanol–water partition coefficient (Wildman–Crippen LogP) is 2.96. The van der Waals surface area contributed by atoms with E-state index in [4.69, 9.17) is 0 Å². The summed E-state index contributed by atoms with van der Waals surface area (Å²) in [5, 5.41) is 6.51. The largest absolute Gasteiger partial charge is 0.349 e. The third kappa shape index (κ3) is 3.49. The molecule has 2 atom stereocenters. The molecule has 2 N–H and O–H groups in total. The molecule has 3 rings (SSSR count). The van der Waals surface area contributed by atoms with E-state index >= 15 is 0 Å². The van der Waals surface area contributed by atoms with Gasteiger partial charge in [-0.1, -0.05) is 13.0 Å². The van der Waals surface area contributed by atoms with E-state index in [-0.39, 0.29) is 17.8 Å². The lowest BCUT2D eigenvalue weighted by Gasteiger charge is -2.28. The van der Waals surface area contributed by atoms with Crippen LogP contribution < -0.4 is 10.6 Å². The van der Waals surface area contributed by atoms with Crippen LogP contribution in [0.15, 0.2) is 18.2 Å². The van der Waals surface area contributed by atoms with Crippen molar-refractivity contribution in [1.82, 2.24) is 10.6 Å². The third-order valence-electron chi connectivity index (χ3n) is 5.21. The molecular formula is C18H25FN2O. The second-order valence-electron chi connectivity index (χ2n) is 6.77. The summed E-state index contributed by atoms with van der Waals surface area (Å²) in [6.45, 7) is 4.32. The van der Waals surface area contributed by atoms with Crippen LogP contribution in [-0.2, 0) is 11.2 Å². The van der Waals surface area contributed by atoms with E-state index in [1.54, 1.807) is 6.07 Å². The Hall–Kier alpha value is -1.42. The molecule has 2 aliphatic rings. The van der Waals surface area contributed by atoms with Crippen molar-refractivity contribution in [1.29, 1.82) is 0 Å². The van der Waals surface area contributed by atoms with Gasteiger partial charge >= 0.3 is 0 Å². The lowest BCUT2D eigenvalue weighted by atomic mass is 9.84. The maximum Gasteiger partial charge on any atom is 0.220 e. The summed E-state index contributed by atoms with van der Waals surface area (Å²) in [4.78, 5) is 12.3. The van der Waals surface area contributed by atoms with Gasteiger partial charge in [0, 0.05) is 6.42 Å². The van der Waals surface area contributed by atoms with E-state index in [0.717, 1.165) is 37.1 Å². The van der Waals surface area contributed by atoms with Gasteiger partial charge in [-0.25, -0.2) is 4.39 Å². The first-order valence-corrected chi connectivity index (χ1v) is 8.42. The number of hydrogen-bond acceptors (Lipinski definition) is 2. The molecule has 2 unspecified atom stereocenters. The summed E-state index contributed by atoms with van der Waals surface area (Å²) in [6, 6.07) is 4.96. The SMILES string of the molecule is CC(CC(=O)NC1CCc2cc(F)ccc21)C1CCNCC1. The van der Waals surface area contributed by atoms with Gasteiger partial charge < -0.3 is 10.6 Å². The van der Waals surface area contributed by atoms with E-state index in [1.165, 1.54) is 18.9 Å². The van der Waals surface area contributed by atoms with E-state index in [0.29, 0.717) is 18.3 Å². The first kappa shape index (κ1) is 15.5. The molecule has 0 radical (unpaired) electrons. The lowest BCUT2D eigenvalue weighted by Crippen LogP contribution is -2.34. The standard InChI is InChI=1S/C18H25FN2O/c1-12(13-6-8-20-9-7-13)10-18(22)21-17-5-2-14-11-15(19)3-4-16(14)17/h3-4,11-13,17,20H,2,5-10H2,1H3,(H,21,22). The van der Waals surface area contributed by atoms with Gasteiger partial charge in [-0.2, -0.15) is 0 Å². The zero-order chi connectivity index (χ0) is 15.5. The van der Waals surface area contributed by atoms with Crippen molar-refractivity contribution < 1.29 is 9.18 Å². The molecule has 0 aromatic heterocycles. The van der Waals surface area contributed by atoms with Crippen LogP contribution in [0.2, 0.25) is 0 Å². The second kappa shape index (κ2) is 6.78. The Morgan fingerprint density at radius 2 is 2.14 bits per heavy atom. The fourth-order valence-corrected chi connectivity index (χ4v) is 3.86. The average Bonchev–Trinajstić information content (AvgIpc) is 2.90. The number of amides is 1. The number of aryl methyl sites for hydroxylation is 1. The minimum atomic E-state index is -0.190. The molecule has 4 heteroatoms. The topological polar surface area (TPSA) is 41.1 Å². The van der Waals surface area contributed by atoms with Gasteiger partial charge in [0.15, 0.2) is 0 Å². The smallest absolute Gasteiger partial charge is 0.220 e. The van der Waals surface area contributed by atoms with Crippen LogP contribution in [0.5, 0.6) is 0 Å². The lowest BCUT2D eigenvalue weighted by molar-refractivity contribution is -0.123. The van der Waals surface area contributed by atoms with Crippen LogP contribution in [0.3, 0.4) is 0 Å². The number of carbonyl (C=O) groups is 1. The van der Waals surface area contributed by atoms with E-state index in [1.807, 2.05) is 6.07 Å². The van der Waals surface area contributed by atoms with Crippen molar-refractivity contribution >= 4 is 5.91 Å². The first-order chi connectivity index (χ1) is 10.6. The van der Waals surface area contributed by atoms with Gasteiger partial charge in [0.1, 0.15) is 5.82 Å². The van der Waals surface area contributed by atoms with Gasteiger partial charge in [0.25, 0.3) is 0 Å². The summed E-state index contributed by atoms with van der Waals surface area (Å²) >= 11 is 0. The molecule has 1 aromatic carbocycles. The summed E-state index contributed by atoms with van der Waals surface area (Å²) in [5.41, 5.74) is 2.13. The summed E-state index contributed by atoms with van der Waals surface area (Å²) in [7, 11) is 0. The number of hydrogen-bond donors (Lipinski definition) is 2. The van der Waals surface area contributed by atoms with Crippen LogP contribution in [-0.4, -0.2) is 19.0 Å². The Morgan fingerprint density at radius 1 is 1.36 bits per heavy atom. The number of carbonyl (C=O) groups excluding carboxylic acids is 1. The van der Waals surface area contributed by atoms with Crippen molar-refractivity contribution in [3.63, 3.8) is 0 Å². The zero-order valence-electron chi connectivity index (χ0n) is 13.2. The highest BCUT2D eigenvalue weighted by molar-refractivity contribution is 5.77. The number of rotatable bonds is 4. The minimum absolute atomic E-state index is 0.0586. The van der Waals surface area contributed by atoms with E-state index in [2.05, 4.69) is 17.6 Å². The van der Waals surface area contributed by atoms with E-state index < -0.39 is 0 Å². The fraction of sp³-hybridized carbons (Fsp3) is 0.611. The maximum absolute atomic E-state index is 13.2. The van der Waals surface area contributed by atoms with E-state index in [9.17, 15) is 9.18 Å². The molecular weight excluding hydrogens is 279 g/mol. The molecule has 0 saturated carbocycles. The predicted molar refractivity (Wildman–Crippen MR) is 85.0 cm³/mol. The zero-order valence-corrected chi connectivity index (χ0v) is 13.2. The van der Waals surface area contributed by atoms with Crippen molar-refractivity contribution in [3.05, 3.63) is 35.1 Å². The van der Waals surface area contributed by atoms with Gasteiger partial charge in [-0.15, -0.1) is 0 Å². The van der Waals surface area contributed by atoms with Crippen molar-refractivity contribution in [3.8, 4) is 0 Å².